The fourth-order valence-electron chi connectivity index (χ4n) is 7.85. The minimum absolute atomic E-state index is 0.0848. The second kappa shape index (κ2) is 12.8. The van der Waals surface area contributed by atoms with Gasteiger partial charge in [0.2, 0.25) is 12.0 Å². The van der Waals surface area contributed by atoms with Crippen LogP contribution in [0.5, 0.6) is 0 Å². The number of alkyl carbamates (subject to hydrolysis) is 1. The van der Waals surface area contributed by atoms with Crippen LogP contribution in [0.1, 0.15) is 66.2 Å². The van der Waals surface area contributed by atoms with Crippen molar-refractivity contribution in [3.05, 3.63) is 25.3 Å². The third-order valence-corrected chi connectivity index (χ3v) is 9.73. The standard InChI is InChI=1S/C31H44FNO10/c1-7-11-38-23-16-21-24(30(21,32)25(34)39-12-8-2)31(23,33-27(36)40-13-9-3)26(35)41-18(5)42-28(37)43-22-15-19-14-20(10-4)29(22,6)17-19/h8-9,18-24H,2-3,7,10-17H2,1,4-6H3,(H,33,36)/t18?,19-,20?,21+,22+,23+,24-,29+,30+,31-/m0/s1. The van der Waals surface area contributed by atoms with Crippen molar-refractivity contribution in [3.8, 4) is 0 Å². The Balaban J connectivity index is 1.52. The quantitative estimate of drug-likeness (QED) is 0.127. The van der Waals surface area contributed by atoms with Crippen molar-refractivity contribution in [2.75, 3.05) is 19.8 Å². The summed E-state index contributed by atoms with van der Waals surface area (Å²) in [7, 11) is 0. The van der Waals surface area contributed by atoms with Crippen LogP contribution in [0.2, 0.25) is 0 Å². The molecule has 0 radical (unpaired) electrons. The molecule has 0 aromatic rings. The van der Waals surface area contributed by atoms with E-state index >= 15 is 4.39 Å². The third-order valence-electron chi connectivity index (χ3n) is 9.73. The maximum atomic E-state index is 16.2. The molecule has 43 heavy (non-hydrogen) atoms. The van der Waals surface area contributed by atoms with Crippen LogP contribution in [0.25, 0.3) is 0 Å². The lowest BCUT2D eigenvalue weighted by Gasteiger charge is -2.38. The molecule has 12 heteroatoms. The lowest BCUT2D eigenvalue weighted by atomic mass is 9.73. The molecule has 0 aromatic heterocycles. The maximum Gasteiger partial charge on any atom is 0.511 e. The zero-order valence-electron chi connectivity index (χ0n) is 25.4. The van der Waals surface area contributed by atoms with E-state index < -0.39 is 59.6 Å². The Hall–Kier alpha value is -3.15. The molecule has 0 heterocycles. The molecule has 240 valence electrons. The van der Waals surface area contributed by atoms with Crippen LogP contribution in [0.3, 0.4) is 0 Å². The van der Waals surface area contributed by atoms with Gasteiger partial charge in [0.15, 0.2) is 5.54 Å². The van der Waals surface area contributed by atoms with Gasteiger partial charge in [-0.3, -0.25) is 0 Å². The van der Waals surface area contributed by atoms with Crippen molar-refractivity contribution in [2.24, 2.45) is 29.1 Å². The van der Waals surface area contributed by atoms with Gasteiger partial charge in [-0.2, -0.15) is 0 Å². The Bertz CT molecular complexity index is 1120. The second-order valence-electron chi connectivity index (χ2n) is 12.3. The number of carbonyl (C=O) groups is 4. The number of fused-ring (bicyclic) bond motifs is 3. The summed E-state index contributed by atoms with van der Waals surface area (Å²) in [5.74, 6) is -3.80. The molecule has 4 aliphatic carbocycles. The number of hydrogen-bond acceptors (Lipinski definition) is 10. The summed E-state index contributed by atoms with van der Waals surface area (Å²) in [5, 5.41) is 2.45. The van der Waals surface area contributed by atoms with E-state index in [9.17, 15) is 19.2 Å². The molecular weight excluding hydrogens is 565 g/mol. The predicted octanol–water partition coefficient (Wildman–Crippen LogP) is 4.78. The molecule has 4 saturated carbocycles. The zero-order valence-corrected chi connectivity index (χ0v) is 25.4. The molecule has 0 spiro atoms. The minimum atomic E-state index is -2.60. The molecule has 1 amide bonds. The summed E-state index contributed by atoms with van der Waals surface area (Å²) in [6.07, 6.45) is 1.98. The minimum Gasteiger partial charge on any atom is -0.459 e. The van der Waals surface area contributed by atoms with Gasteiger partial charge < -0.3 is 33.7 Å². The van der Waals surface area contributed by atoms with Crippen LogP contribution in [0.15, 0.2) is 25.3 Å². The van der Waals surface area contributed by atoms with Gasteiger partial charge in [-0.15, -0.1) is 0 Å². The number of rotatable bonds is 14. The summed E-state index contributed by atoms with van der Waals surface area (Å²) in [6, 6.07) is 0. The average molecular weight is 610 g/mol. The number of esters is 2. The maximum absolute atomic E-state index is 16.2. The molecule has 1 N–H and O–H groups in total. The van der Waals surface area contributed by atoms with Crippen molar-refractivity contribution >= 4 is 24.2 Å². The number of amides is 1. The van der Waals surface area contributed by atoms with Crippen LogP contribution in [0.4, 0.5) is 14.0 Å². The SMILES string of the molecule is C=CCOC(=O)N[C@@]1(C(=O)OC(C)OC(=O)O[C@@H]2C[C@@H]3CC(CC)[C@@]2(C)C3)[C@H](OCCC)C[C@@H]2[C@H]1[C@@]2(F)C(=O)OCC=C. The summed E-state index contributed by atoms with van der Waals surface area (Å²) in [6.45, 7) is 14.1. The highest BCUT2D eigenvalue weighted by Gasteiger charge is 2.87. The normalized spacial score (nSPS) is 37.4. The Labute approximate surface area is 251 Å². The van der Waals surface area contributed by atoms with E-state index in [-0.39, 0.29) is 37.8 Å². The van der Waals surface area contributed by atoms with Gasteiger partial charge in [-0.05, 0) is 43.9 Å². The fourth-order valence-corrected chi connectivity index (χ4v) is 7.85. The third kappa shape index (κ3) is 5.86. The van der Waals surface area contributed by atoms with E-state index in [1.165, 1.54) is 19.1 Å². The molecule has 4 fully saturated rings. The second-order valence-corrected chi connectivity index (χ2v) is 12.3. The Morgan fingerprint density at radius 1 is 1.00 bits per heavy atom. The van der Waals surface area contributed by atoms with Crippen LogP contribution < -0.4 is 5.32 Å². The molecule has 11 nitrogen and oxygen atoms in total. The Morgan fingerprint density at radius 3 is 2.33 bits per heavy atom. The van der Waals surface area contributed by atoms with Gasteiger partial charge in [-0.1, -0.05) is 52.5 Å². The summed E-state index contributed by atoms with van der Waals surface area (Å²) >= 11 is 0. The van der Waals surface area contributed by atoms with Gasteiger partial charge >= 0.3 is 24.2 Å². The van der Waals surface area contributed by atoms with Crippen LogP contribution >= 0.6 is 0 Å². The van der Waals surface area contributed by atoms with Gasteiger partial charge in [-0.25, -0.2) is 23.6 Å². The molecule has 4 aliphatic rings. The number of hydrogen-bond donors (Lipinski definition) is 1. The zero-order chi connectivity index (χ0) is 31.6. The van der Waals surface area contributed by atoms with Gasteiger partial charge in [0.05, 0.1) is 6.10 Å². The van der Waals surface area contributed by atoms with Crippen LogP contribution in [0, 0.1) is 29.1 Å². The van der Waals surface area contributed by atoms with Crippen molar-refractivity contribution < 1.29 is 52.0 Å². The highest BCUT2D eigenvalue weighted by Crippen LogP contribution is 2.68. The first-order valence-electron chi connectivity index (χ1n) is 15.1. The molecule has 4 rings (SSSR count). The summed E-state index contributed by atoms with van der Waals surface area (Å²) < 4.78 is 48.7. The van der Waals surface area contributed by atoms with Crippen molar-refractivity contribution in [1.29, 1.82) is 0 Å². The molecule has 0 aliphatic heterocycles. The van der Waals surface area contributed by atoms with Crippen LogP contribution in [-0.4, -0.2) is 73.7 Å². The average Bonchev–Trinajstić information content (AvgIpc) is 3.21. The van der Waals surface area contributed by atoms with E-state index in [1.54, 1.807) is 0 Å². The first-order chi connectivity index (χ1) is 20.4. The Kier molecular flexibility index (Phi) is 9.78. The highest BCUT2D eigenvalue weighted by atomic mass is 19.1. The number of alkyl halides is 1. The van der Waals surface area contributed by atoms with E-state index in [4.69, 9.17) is 28.4 Å². The molecule has 2 bridgehead atoms. The van der Waals surface area contributed by atoms with E-state index in [0.29, 0.717) is 18.3 Å². The molecule has 0 saturated heterocycles. The van der Waals surface area contributed by atoms with E-state index in [1.807, 2.05) is 6.92 Å². The monoisotopic (exact) mass is 609 g/mol. The van der Waals surface area contributed by atoms with Crippen molar-refractivity contribution in [1.82, 2.24) is 5.32 Å². The first kappa shape index (κ1) is 32.8. The smallest absolute Gasteiger partial charge is 0.459 e. The van der Waals surface area contributed by atoms with E-state index in [0.717, 1.165) is 25.7 Å². The van der Waals surface area contributed by atoms with Crippen molar-refractivity contribution in [2.45, 2.75) is 95.9 Å². The van der Waals surface area contributed by atoms with Crippen molar-refractivity contribution in [3.63, 3.8) is 0 Å². The number of carbonyl (C=O) groups excluding carboxylic acids is 4. The molecular formula is C31H44FNO10. The van der Waals surface area contributed by atoms with Gasteiger partial charge in [0.25, 0.3) is 0 Å². The van der Waals surface area contributed by atoms with E-state index in [2.05, 4.69) is 32.3 Å². The number of halogens is 1. The Morgan fingerprint density at radius 2 is 1.70 bits per heavy atom. The topological polar surface area (TPSA) is 136 Å². The summed E-state index contributed by atoms with van der Waals surface area (Å²) in [4.78, 5) is 52.3. The molecule has 2 unspecified atom stereocenters. The fraction of sp³-hybridized carbons (Fsp3) is 0.742. The first-order valence-corrected chi connectivity index (χ1v) is 15.1. The number of nitrogens with one attached hydrogen (secondary N) is 1. The lowest BCUT2D eigenvalue weighted by Crippen LogP contribution is -2.65. The molecule has 0 aromatic carbocycles. The summed E-state index contributed by atoms with van der Waals surface area (Å²) in [5.41, 5.74) is -4.93. The van der Waals surface area contributed by atoms with Crippen LogP contribution in [-0.2, 0) is 38.0 Å². The highest BCUT2D eigenvalue weighted by molar-refractivity contribution is 5.94. The molecule has 10 atom stereocenters. The number of ether oxygens (including phenoxy) is 6. The van der Waals surface area contributed by atoms with Gasteiger partial charge in [0, 0.05) is 30.8 Å². The predicted molar refractivity (Wildman–Crippen MR) is 150 cm³/mol. The lowest BCUT2D eigenvalue weighted by molar-refractivity contribution is -0.186. The van der Waals surface area contributed by atoms with Gasteiger partial charge in [0.1, 0.15) is 19.3 Å². The largest absolute Gasteiger partial charge is 0.511 e.